The molecule has 0 radical (unpaired) electrons. The van der Waals surface area contributed by atoms with Crippen LogP contribution in [-0.4, -0.2) is 36.0 Å². The smallest absolute Gasteiger partial charge is 0.321 e. The van der Waals surface area contributed by atoms with Crippen LogP contribution in [0.15, 0.2) is 54.6 Å². The number of hydrogen-bond donors (Lipinski definition) is 2. The first-order valence-electron chi connectivity index (χ1n) is 10.2. The van der Waals surface area contributed by atoms with Crippen molar-refractivity contribution < 1.29 is 9.59 Å². The highest BCUT2D eigenvalue weighted by Crippen LogP contribution is 2.35. The summed E-state index contributed by atoms with van der Waals surface area (Å²) in [7, 11) is 0. The predicted molar refractivity (Wildman–Crippen MR) is 110 cm³/mol. The summed E-state index contributed by atoms with van der Waals surface area (Å²) in [6, 6.07) is 18.0. The third kappa shape index (κ3) is 4.35. The van der Waals surface area contributed by atoms with E-state index >= 15 is 0 Å². The molecule has 1 fully saturated rings. The molecule has 1 atom stereocenters. The zero-order valence-electron chi connectivity index (χ0n) is 16.1. The lowest BCUT2D eigenvalue weighted by molar-refractivity contribution is -0.122. The number of para-hydroxylation sites is 1. The largest absolute Gasteiger partial charge is 0.353 e. The molecule has 0 saturated carbocycles. The van der Waals surface area contributed by atoms with Crippen molar-refractivity contribution in [2.24, 2.45) is 0 Å². The molecule has 0 aromatic heterocycles. The van der Waals surface area contributed by atoms with Gasteiger partial charge >= 0.3 is 6.03 Å². The van der Waals surface area contributed by atoms with Gasteiger partial charge in [-0.05, 0) is 54.9 Å². The third-order valence-corrected chi connectivity index (χ3v) is 5.86. The summed E-state index contributed by atoms with van der Waals surface area (Å²) < 4.78 is 0. The van der Waals surface area contributed by atoms with Gasteiger partial charge in [0, 0.05) is 31.2 Å². The molecule has 3 amide bonds. The molecule has 2 N–H and O–H groups in total. The number of hydrogen-bond acceptors (Lipinski definition) is 2. The molecule has 1 saturated heterocycles. The van der Waals surface area contributed by atoms with Gasteiger partial charge in [0.15, 0.2) is 0 Å². The van der Waals surface area contributed by atoms with E-state index in [0.717, 1.165) is 31.4 Å². The van der Waals surface area contributed by atoms with E-state index in [4.69, 9.17) is 0 Å². The third-order valence-electron chi connectivity index (χ3n) is 5.86. The summed E-state index contributed by atoms with van der Waals surface area (Å²) in [5.41, 5.74) is 3.53. The van der Waals surface area contributed by atoms with Crippen molar-refractivity contribution in [2.75, 3.05) is 18.4 Å². The van der Waals surface area contributed by atoms with Gasteiger partial charge in [0.05, 0.1) is 0 Å². The van der Waals surface area contributed by atoms with Crippen LogP contribution in [0.3, 0.4) is 0 Å². The number of anilines is 1. The molecule has 0 spiro atoms. The lowest BCUT2D eigenvalue weighted by Gasteiger charge is -2.32. The lowest BCUT2D eigenvalue weighted by atomic mass is 9.97. The lowest BCUT2D eigenvalue weighted by Crippen LogP contribution is -2.47. The van der Waals surface area contributed by atoms with E-state index in [-0.39, 0.29) is 18.0 Å². The Morgan fingerprint density at radius 3 is 2.43 bits per heavy atom. The van der Waals surface area contributed by atoms with Gasteiger partial charge in [0.25, 0.3) is 0 Å². The summed E-state index contributed by atoms with van der Waals surface area (Å²) in [5, 5.41) is 6.11. The fourth-order valence-electron chi connectivity index (χ4n) is 4.32. The Bertz CT molecular complexity index is 829. The highest BCUT2D eigenvalue weighted by atomic mass is 16.2. The number of aryl methyl sites for hydroxylation is 1. The van der Waals surface area contributed by atoms with Gasteiger partial charge in [-0.15, -0.1) is 0 Å². The average molecular weight is 377 g/mol. The van der Waals surface area contributed by atoms with E-state index in [1.807, 2.05) is 35.2 Å². The first-order chi connectivity index (χ1) is 13.7. The Hall–Kier alpha value is -2.82. The fraction of sp³-hybridized carbons (Fsp3) is 0.391. The van der Waals surface area contributed by atoms with Gasteiger partial charge in [0.2, 0.25) is 5.91 Å². The number of rotatable bonds is 4. The highest BCUT2D eigenvalue weighted by Gasteiger charge is 2.27. The van der Waals surface area contributed by atoms with Crippen LogP contribution in [0.2, 0.25) is 0 Å². The van der Waals surface area contributed by atoms with Crippen molar-refractivity contribution in [3.63, 3.8) is 0 Å². The molecule has 5 nitrogen and oxygen atoms in total. The summed E-state index contributed by atoms with van der Waals surface area (Å²) in [4.78, 5) is 26.7. The number of carbonyl (C=O) groups excluding carboxylic acids is 2. The number of nitrogens with one attached hydrogen (secondary N) is 2. The number of fused-ring (bicyclic) bond motifs is 1. The minimum absolute atomic E-state index is 0.0708. The maximum Gasteiger partial charge on any atom is 0.321 e. The molecule has 2 aliphatic rings. The van der Waals surface area contributed by atoms with Crippen LogP contribution in [0.1, 0.15) is 42.7 Å². The van der Waals surface area contributed by atoms with Crippen LogP contribution in [0.5, 0.6) is 0 Å². The molecule has 5 heteroatoms. The second-order valence-corrected chi connectivity index (χ2v) is 7.76. The number of benzene rings is 2. The number of urea groups is 1. The van der Waals surface area contributed by atoms with Crippen LogP contribution in [0, 0.1) is 0 Å². The van der Waals surface area contributed by atoms with E-state index in [0.29, 0.717) is 25.4 Å². The SMILES string of the molecule is O=C(C[C@H]1CCc2ccccc21)NC1CCN(C(=O)Nc2ccccc2)CC1. The van der Waals surface area contributed by atoms with E-state index in [2.05, 4.69) is 34.9 Å². The molecule has 2 aromatic carbocycles. The van der Waals surface area contributed by atoms with Crippen LogP contribution >= 0.6 is 0 Å². The molecule has 1 heterocycles. The zero-order chi connectivity index (χ0) is 19.3. The summed E-state index contributed by atoms with van der Waals surface area (Å²) >= 11 is 0. The van der Waals surface area contributed by atoms with Crippen molar-refractivity contribution in [3.8, 4) is 0 Å². The van der Waals surface area contributed by atoms with E-state index in [1.165, 1.54) is 11.1 Å². The summed E-state index contributed by atoms with van der Waals surface area (Å²) in [5.74, 6) is 0.474. The maximum atomic E-state index is 12.5. The Morgan fingerprint density at radius 1 is 0.929 bits per heavy atom. The van der Waals surface area contributed by atoms with Gasteiger partial charge in [-0.2, -0.15) is 0 Å². The average Bonchev–Trinajstić information content (AvgIpc) is 3.12. The molecule has 4 rings (SSSR count). The highest BCUT2D eigenvalue weighted by molar-refractivity contribution is 5.89. The molecular weight excluding hydrogens is 350 g/mol. The van der Waals surface area contributed by atoms with Crippen molar-refractivity contribution in [2.45, 2.75) is 44.1 Å². The number of carbonyl (C=O) groups is 2. The van der Waals surface area contributed by atoms with Crippen molar-refractivity contribution in [1.82, 2.24) is 10.2 Å². The molecule has 1 aliphatic carbocycles. The minimum Gasteiger partial charge on any atom is -0.353 e. The standard InChI is InChI=1S/C23H27N3O2/c27-22(16-18-11-10-17-6-4-5-9-21(17)18)24-20-12-14-26(15-13-20)23(28)25-19-7-2-1-3-8-19/h1-9,18,20H,10-16H2,(H,24,27)(H,25,28)/t18-/m1/s1. The Kier molecular flexibility index (Phi) is 5.60. The van der Waals surface area contributed by atoms with Gasteiger partial charge < -0.3 is 15.5 Å². The number of piperidine rings is 1. The first kappa shape index (κ1) is 18.5. The van der Waals surface area contributed by atoms with E-state index < -0.39 is 0 Å². The number of likely N-dealkylation sites (tertiary alicyclic amines) is 1. The molecule has 146 valence electrons. The van der Waals surface area contributed by atoms with Crippen molar-refractivity contribution >= 4 is 17.6 Å². The normalized spacial score (nSPS) is 19.1. The molecule has 1 aliphatic heterocycles. The Labute approximate surface area is 166 Å². The monoisotopic (exact) mass is 377 g/mol. The van der Waals surface area contributed by atoms with Crippen LogP contribution in [0.25, 0.3) is 0 Å². The molecular formula is C23H27N3O2. The summed E-state index contributed by atoms with van der Waals surface area (Å²) in [6.45, 7) is 1.33. The molecule has 28 heavy (non-hydrogen) atoms. The molecule has 0 unspecified atom stereocenters. The van der Waals surface area contributed by atoms with Crippen LogP contribution in [0.4, 0.5) is 10.5 Å². The minimum atomic E-state index is -0.0708. The van der Waals surface area contributed by atoms with Gasteiger partial charge in [-0.3, -0.25) is 4.79 Å². The topological polar surface area (TPSA) is 61.4 Å². The number of amides is 3. The molecule has 2 aromatic rings. The van der Waals surface area contributed by atoms with Gasteiger partial charge in [0.1, 0.15) is 0 Å². The maximum absolute atomic E-state index is 12.5. The summed E-state index contributed by atoms with van der Waals surface area (Å²) in [6.07, 6.45) is 4.30. The van der Waals surface area contributed by atoms with Crippen LogP contribution in [-0.2, 0) is 11.2 Å². The quantitative estimate of drug-likeness (QED) is 0.848. The second-order valence-electron chi connectivity index (χ2n) is 7.76. The van der Waals surface area contributed by atoms with E-state index in [9.17, 15) is 9.59 Å². The second kappa shape index (κ2) is 8.46. The zero-order valence-corrected chi connectivity index (χ0v) is 16.1. The number of nitrogens with zero attached hydrogens (tertiary/aromatic N) is 1. The van der Waals surface area contributed by atoms with Gasteiger partial charge in [-0.1, -0.05) is 42.5 Å². The van der Waals surface area contributed by atoms with Crippen molar-refractivity contribution in [1.29, 1.82) is 0 Å². The van der Waals surface area contributed by atoms with E-state index in [1.54, 1.807) is 0 Å². The molecule has 0 bridgehead atoms. The Balaban J connectivity index is 1.22. The predicted octanol–water partition coefficient (Wildman–Crippen LogP) is 3.92. The fourth-order valence-corrected chi connectivity index (χ4v) is 4.32. The van der Waals surface area contributed by atoms with Crippen molar-refractivity contribution in [3.05, 3.63) is 65.7 Å². The Morgan fingerprint density at radius 2 is 1.64 bits per heavy atom. The van der Waals surface area contributed by atoms with Gasteiger partial charge in [-0.25, -0.2) is 4.79 Å². The van der Waals surface area contributed by atoms with Crippen LogP contribution < -0.4 is 10.6 Å². The first-order valence-corrected chi connectivity index (χ1v) is 10.2.